The summed E-state index contributed by atoms with van der Waals surface area (Å²) in [7, 11) is -10.7. The van der Waals surface area contributed by atoms with Crippen molar-refractivity contribution >= 4 is 20.2 Å². The summed E-state index contributed by atoms with van der Waals surface area (Å²) in [5, 5.41) is 15.2. The average molecular weight is 352 g/mol. The Hall–Kier alpha value is -0.540. The Balaban J connectivity index is 0. The molecule has 0 fully saturated rings. The normalized spacial score (nSPS) is 13.0. The third-order valence-corrected chi connectivity index (χ3v) is 2.93. The molecule has 0 bridgehead atoms. The van der Waals surface area contributed by atoms with Crippen LogP contribution in [-0.2, 0) is 28.6 Å². The number of rotatable bonds is 6. The van der Waals surface area contributed by atoms with Gasteiger partial charge in [0.2, 0.25) is 0 Å². The van der Waals surface area contributed by atoms with E-state index in [0.29, 0.717) is 6.92 Å². The van der Waals surface area contributed by atoms with Gasteiger partial charge in [-0.05, 0) is 13.8 Å². The second kappa shape index (κ2) is 8.68. The SMILES string of the molecule is CC(O)O.CC(OS(=O)(=O)C(F)F)OS(=O)(=O)C(F)F. The van der Waals surface area contributed by atoms with Gasteiger partial charge in [-0.25, -0.2) is 8.37 Å². The van der Waals surface area contributed by atoms with E-state index in [1.54, 1.807) is 0 Å². The zero-order chi connectivity index (χ0) is 16.7. The van der Waals surface area contributed by atoms with Crippen LogP contribution in [0.4, 0.5) is 17.6 Å². The van der Waals surface area contributed by atoms with Gasteiger partial charge in [0.1, 0.15) is 6.29 Å². The number of aliphatic hydroxyl groups excluding tert-OH is 1. The second-order valence-electron chi connectivity index (χ2n) is 2.90. The summed E-state index contributed by atoms with van der Waals surface area (Å²) in [5.74, 6) is -7.87. The van der Waals surface area contributed by atoms with Gasteiger partial charge < -0.3 is 10.2 Å². The van der Waals surface area contributed by atoms with E-state index >= 15 is 0 Å². The lowest BCUT2D eigenvalue weighted by Gasteiger charge is -2.12. The summed E-state index contributed by atoms with van der Waals surface area (Å²) in [6.45, 7) is 1.83. The molecule has 0 aromatic heterocycles. The molecule has 8 nitrogen and oxygen atoms in total. The third kappa shape index (κ3) is 10.3. The van der Waals surface area contributed by atoms with E-state index in [4.69, 9.17) is 10.2 Å². The monoisotopic (exact) mass is 352 g/mol. The maximum Gasteiger partial charge on any atom is 0.361 e. The summed E-state index contributed by atoms with van der Waals surface area (Å²) in [5.41, 5.74) is 0. The second-order valence-corrected chi connectivity index (χ2v) is 5.97. The van der Waals surface area contributed by atoms with Crippen molar-refractivity contribution in [2.24, 2.45) is 0 Å². The smallest absolute Gasteiger partial charge is 0.361 e. The first-order valence-corrected chi connectivity index (χ1v) is 7.43. The average Bonchev–Trinajstić information content (AvgIpc) is 2.13. The molecule has 0 heterocycles. The van der Waals surface area contributed by atoms with Crippen LogP contribution in [0.5, 0.6) is 0 Å². The predicted octanol–water partition coefficient (Wildman–Crippen LogP) is -0.213. The van der Waals surface area contributed by atoms with E-state index in [1.165, 1.54) is 6.92 Å². The molecule has 0 aliphatic carbocycles. The molecule has 0 aromatic carbocycles. The van der Waals surface area contributed by atoms with Gasteiger partial charge in [-0.3, -0.25) is 0 Å². The molecular weight excluding hydrogens is 340 g/mol. The first-order valence-electron chi connectivity index (χ1n) is 4.49. The first kappa shape index (κ1) is 21.8. The Bertz CT molecular complexity index is 417. The minimum absolute atomic E-state index is 0.555. The van der Waals surface area contributed by atoms with Crippen molar-refractivity contribution < 1.29 is 53.0 Å². The lowest BCUT2D eigenvalue weighted by atomic mass is 10.8. The summed E-state index contributed by atoms with van der Waals surface area (Å²) < 4.78 is 95.2. The number of halogens is 4. The third-order valence-electron chi connectivity index (χ3n) is 0.976. The van der Waals surface area contributed by atoms with Crippen LogP contribution < -0.4 is 0 Å². The Morgan fingerprint density at radius 2 is 1.00 bits per heavy atom. The van der Waals surface area contributed by atoms with Crippen LogP contribution in [0.2, 0.25) is 0 Å². The van der Waals surface area contributed by atoms with Crippen LogP contribution in [-0.4, -0.2) is 51.1 Å². The van der Waals surface area contributed by atoms with Crippen molar-refractivity contribution in [3.05, 3.63) is 0 Å². The van der Waals surface area contributed by atoms with Crippen molar-refractivity contribution in [2.45, 2.75) is 37.9 Å². The zero-order valence-electron chi connectivity index (χ0n) is 9.98. The fraction of sp³-hybridized carbons (Fsp3) is 1.00. The number of alkyl halides is 4. The molecule has 0 atom stereocenters. The maximum absolute atomic E-state index is 11.7. The molecule has 0 aliphatic heterocycles. The first-order chi connectivity index (χ1) is 8.72. The number of hydrogen-bond acceptors (Lipinski definition) is 8. The molecule has 0 rings (SSSR count). The summed E-state index contributed by atoms with van der Waals surface area (Å²) in [6, 6.07) is 0. The van der Waals surface area contributed by atoms with Gasteiger partial charge in [0, 0.05) is 0 Å². The Morgan fingerprint density at radius 1 is 0.800 bits per heavy atom. The van der Waals surface area contributed by atoms with Gasteiger partial charge >= 0.3 is 31.8 Å². The van der Waals surface area contributed by atoms with E-state index in [1.807, 2.05) is 0 Å². The molecule has 0 saturated heterocycles. The molecule has 2 N–H and O–H groups in total. The van der Waals surface area contributed by atoms with E-state index in [0.717, 1.165) is 0 Å². The van der Waals surface area contributed by atoms with Gasteiger partial charge in [0.05, 0.1) is 0 Å². The molecule has 0 aromatic rings. The molecule has 0 saturated carbocycles. The van der Waals surface area contributed by atoms with Crippen LogP contribution >= 0.6 is 0 Å². The standard InChI is InChI=1S/C4H6F4O6S2.C2H6O2/c1-2(13-15(9,10)3(5)6)14-16(11,12)4(7)8;1-2(3)4/h2-4H,1H3;2-4H,1H3. The Kier molecular flexibility index (Phi) is 9.44. The van der Waals surface area contributed by atoms with Crippen molar-refractivity contribution in [2.75, 3.05) is 0 Å². The van der Waals surface area contributed by atoms with E-state index in [9.17, 15) is 34.4 Å². The molecule has 20 heavy (non-hydrogen) atoms. The van der Waals surface area contributed by atoms with Gasteiger partial charge in [-0.15, -0.1) is 0 Å². The van der Waals surface area contributed by atoms with Crippen molar-refractivity contribution in [3.63, 3.8) is 0 Å². The Labute approximate surface area is 112 Å². The molecule has 0 unspecified atom stereocenters. The molecular formula is C6H12F4O8S2. The fourth-order valence-electron chi connectivity index (χ4n) is 0.478. The van der Waals surface area contributed by atoms with Crippen molar-refractivity contribution in [1.29, 1.82) is 0 Å². The molecule has 0 amide bonds. The highest BCUT2D eigenvalue weighted by molar-refractivity contribution is 7.87. The van der Waals surface area contributed by atoms with Crippen LogP contribution in [0.15, 0.2) is 0 Å². The molecule has 14 heteroatoms. The van der Waals surface area contributed by atoms with Gasteiger partial charge in [-0.1, -0.05) is 0 Å². The minimum atomic E-state index is -5.36. The molecule has 0 spiro atoms. The highest BCUT2D eigenvalue weighted by Gasteiger charge is 2.33. The topological polar surface area (TPSA) is 127 Å². The number of aliphatic hydroxyl groups is 2. The van der Waals surface area contributed by atoms with E-state index in [2.05, 4.69) is 8.37 Å². The number of hydrogen-bond donors (Lipinski definition) is 2. The summed E-state index contributed by atoms with van der Waals surface area (Å²) in [6.07, 6.45) is -3.47. The van der Waals surface area contributed by atoms with Crippen LogP contribution in [0.3, 0.4) is 0 Å². The van der Waals surface area contributed by atoms with Crippen LogP contribution in [0, 0.1) is 0 Å². The minimum Gasteiger partial charge on any atom is -0.368 e. The van der Waals surface area contributed by atoms with Crippen molar-refractivity contribution in [1.82, 2.24) is 0 Å². The van der Waals surface area contributed by atoms with E-state index < -0.39 is 44.3 Å². The summed E-state index contributed by atoms with van der Waals surface area (Å²) in [4.78, 5) is 0. The highest BCUT2D eigenvalue weighted by Crippen LogP contribution is 2.15. The molecule has 0 aliphatic rings. The van der Waals surface area contributed by atoms with Crippen molar-refractivity contribution in [3.8, 4) is 0 Å². The van der Waals surface area contributed by atoms with Gasteiger partial charge in [0.15, 0.2) is 6.29 Å². The zero-order valence-corrected chi connectivity index (χ0v) is 11.6. The largest absolute Gasteiger partial charge is 0.368 e. The van der Waals surface area contributed by atoms with Crippen LogP contribution in [0.1, 0.15) is 13.8 Å². The van der Waals surface area contributed by atoms with E-state index in [-0.39, 0.29) is 0 Å². The summed E-state index contributed by atoms with van der Waals surface area (Å²) >= 11 is 0. The lowest BCUT2D eigenvalue weighted by molar-refractivity contribution is -0.0228. The quantitative estimate of drug-likeness (QED) is 0.382. The molecule has 0 radical (unpaired) electrons. The maximum atomic E-state index is 11.7. The lowest BCUT2D eigenvalue weighted by Crippen LogP contribution is -2.27. The molecule has 124 valence electrons. The Morgan fingerprint density at radius 3 is 1.15 bits per heavy atom. The van der Waals surface area contributed by atoms with Crippen LogP contribution in [0.25, 0.3) is 0 Å². The van der Waals surface area contributed by atoms with Gasteiger partial charge in [-0.2, -0.15) is 34.4 Å². The highest BCUT2D eigenvalue weighted by atomic mass is 32.2. The van der Waals surface area contributed by atoms with Gasteiger partial charge in [0.25, 0.3) is 0 Å². The fourth-order valence-corrected chi connectivity index (χ4v) is 1.53. The predicted molar refractivity (Wildman–Crippen MR) is 55.4 cm³/mol.